The van der Waals surface area contributed by atoms with E-state index in [4.69, 9.17) is 21.3 Å². The Balaban J connectivity index is 1.19. The van der Waals surface area contributed by atoms with Crippen molar-refractivity contribution in [3.05, 3.63) is 71.4 Å². The standard InChI is InChI=1S/C27H27ClFN7O2/c1-2-38-17-10-18(26-20-13-32-33-27(20)34-36(26)14-17)16-6-7-25(31-11-16)35-9-8-23(24(37)15-35)30-12-19-21(28)4-3-5-22(19)29/h3-7,10-11,13-14,23-24,30,37H,2,8-9,12,15H2,1H3,(H,33,34)/t23-,24-/m0/s1. The fraction of sp³-hybridized carbons (Fsp3) is 0.296. The summed E-state index contributed by atoms with van der Waals surface area (Å²) in [6.45, 7) is 3.86. The van der Waals surface area contributed by atoms with Crippen molar-refractivity contribution in [2.45, 2.75) is 32.0 Å². The number of hydrogen-bond acceptors (Lipinski definition) is 7. The average molecular weight is 536 g/mol. The van der Waals surface area contributed by atoms with E-state index >= 15 is 0 Å². The first kappa shape index (κ1) is 24.6. The number of ether oxygens (including phenoxy) is 1. The Morgan fingerprint density at radius 3 is 2.92 bits per heavy atom. The van der Waals surface area contributed by atoms with Gasteiger partial charge in [-0.05, 0) is 43.7 Å². The lowest BCUT2D eigenvalue weighted by molar-refractivity contribution is 0.112. The van der Waals surface area contributed by atoms with Gasteiger partial charge in [0.15, 0.2) is 5.65 Å². The molecule has 11 heteroatoms. The highest BCUT2D eigenvalue weighted by Crippen LogP contribution is 2.33. The van der Waals surface area contributed by atoms with Crippen LogP contribution in [0.1, 0.15) is 18.9 Å². The Bertz CT molecular complexity index is 1570. The highest BCUT2D eigenvalue weighted by Gasteiger charge is 2.28. The molecule has 0 radical (unpaired) electrons. The number of benzene rings is 1. The lowest BCUT2D eigenvalue weighted by atomic mass is 10.0. The Kier molecular flexibility index (Phi) is 6.61. The molecule has 5 aromatic rings. The predicted octanol–water partition coefficient (Wildman–Crippen LogP) is 4.19. The lowest BCUT2D eigenvalue weighted by Crippen LogP contribution is -2.52. The van der Waals surface area contributed by atoms with E-state index in [1.165, 1.54) is 6.07 Å². The summed E-state index contributed by atoms with van der Waals surface area (Å²) >= 11 is 6.14. The van der Waals surface area contributed by atoms with Crippen LogP contribution in [0.3, 0.4) is 0 Å². The molecule has 1 fully saturated rings. The maximum absolute atomic E-state index is 14.1. The van der Waals surface area contributed by atoms with Crippen molar-refractivity contribution in [3.8, 4) is 16.9 Å². The van der Waals surface area contributed by atoms with Gasteiger partial charge in [0.05, 0.1) is 36.0 Å². The van der Waals surface area contributed by atoms with Crippen LogP contribution in [0.15, 0.2) is 55.0 Å². The van der Waals surface area contributed by atoms with Crippen LogP contribution >= 0.6 is 11.6 Å². The zero-order valence-electron chi connectivity index (χ0n) is 20.7. The van der Waals surface area contributed by atoms with Gasteiger partial charge in [0.1, 0.15) is 17.4 Å². The molecule has 1 aliphatic heterocycles. The number of aromatic nitrogens is 5. The summed E-state index contributed by atoms with van der Waals surface area (Å²) in [5, 5.41) is 27.0. The van der Waals surface area contributed by atoms with Gasteiger partial charge in [-0.1, -0.05) is 17.7 Å². The van der Waals surface area contributed by atoms with Gasteiger partial charge in [0.25, 0.3) is 0 Å². The molecule has 38 heavy (non-hydrogen) atoms. The molecule has 5 heterocycles. The van der Waals surface area contributed by atoms with E-state index in [1.54, 1.807) is 22.8 Å². The summed E-state index contributed by atoms with van der Waals surface area (Å²) < 4.78 is 21.7. The molecule has 196 valence electrons. The van der Waals surface area contributed by atoms with Gasteiger partial charge >= 0.3 is 0 Å². The summed E-state index contributed by atoms with van der Waals surface area (Å²) in [5.41, 5.74) is 3.89. The number of pyridine rings is 2. The second-order valence-electron chi connectivity index (χ2n) is 9.34. The second kappa shape index (κ2) is 10.2. The van der Waals surface area contributed by atoms with Crippen molar-refractivity contribution in [2.75, 3.05) is 24.6 Å². The Morgan fingerprint density at radius 2 is 2.16 bits per heavy atom. The maximum Gasteiger partial charge on any atom is 0.178 e. The van der Waals surface area contributed by atoms with Gasteiger partial charge in [-0.3, -0.25) is 5.10 Å². The number of aromatic amines is 1. The molecule has 0 saturated carbocycles. The van der Waals surface area contributed by atoms with E-state index in [1.807, 2.05) is 37.5 Å². The average Bonchev–Trinajstić information content (AvgIpc) is 3.50. The van der Waals surface area contributed by atoms with Gasteiger partial charge in [-0.2, -0.15) is 5.10 Å². The third kappa shape index (κ3) is 4.55. The zero-order chi connectivity index (χ0) is 26.2. The molecule has 1 saturated heterocycles. The smallest absolute Gasteiger partial charge is 0.178 e. The van der Waals surface area contributed by atoms with Crippen molar-refractivity contribution >= 4 is 34.0 Å². The first-order chi connectivity index (χ1) is 18.5. The van der Waals surface area contributed by atoms with Gasteiger partial charge in [0.2, 0.25) is 0 Å². The number of halogens is 2. The fourth-order valence-corrected chi connectivity index (χ4v) is 5.28. The summed E-state index contributed by atoms with van der Waals surface area (Å²) in [5.74, 6) is 1.14. The van der Waals surface area contributed by atoms with Crippen LogP contribution in [-0.4, -0.2) is 61.7 Å². The number of rotatable bonds is 7. The van der Waals surface area contributed by atoms with E-state index in [9.17, 15) is 9.50 Å². The molecule has 6 rings (SSSR count). The minimum Gasteiger partial charge on any atom is -0.492 e. The van der Waals surface area contributed by atoms with Gasteiger partial charge in [-0.15, -0.1) is 5.10 Å². The van der Waals surface area contributed by atoms with E-state index < -0.39 is 6.10 Å². The monoisotopic (exact) mass is 535 g/mol. The number of hydrogen-bond donors (Lipinski definition) is 3. The molecular formula is C27H27ClFN7O2. The van der Waals surface area contributed by atoms with E-state index in [0.29, 0.717) is 48.1 Å². The van der Waals surface area contributed by atoms with Gasteiger partial charge in [0, 0.05) is 53.6 Å². The molecule has 0 aliphatic carbocycles. The topological polar surface area (TPSA) is 104 Å². The SMILES string of the molecule is CCOc1cc(-c2ccc(N3CC[C@H](NCc4c(F)cccc4Cl)[C@@H](O)C3)nc2)c2c3cn[nH]c3nn2c1. The number of aliphatic hydroxyl groups is 1. The predicted molar refractivity (Wildman–Crippen MR) is 144 cm³/mol. The number of H-pyrrole nitrogens is 1. The number of anilines is 1. The number of aliphatic hydroxyl groups excluding tert-OH is 1. The second-order valence-corrected chi connectivity index (χ2v) is 9.75. The van der Waals surface area contributed by atoms with Crippen molar-refractivity contribution in [1.29, 1.82) is 0 Å². The van der Waals surface area contributed by atoms with E-state index in [-0.39, 0.29) is 18.4 Å². The van der Waals surface area contributed by atoms with Gasteiger partial charge < -0.3 is 20.1 Å². The first-order valence-electron chi connectivity index (χ1n) is 12.6. The van der Waals surface area contributed by atoms with Crippen LogP contribution < -0.4 is 15.0 Å². The Morgan fingerprint density at radius 1 is 1.26 bits per heavy atom. The highest BCUT2D eigenvalue weighted by atomic mass is 35.5. The summed E-state index contributed by atoms with van der Waals surface area (Å²) in [6.07, 6.45) is 5.50. The van der Waals surface area contributed by atoms with Crippen molar-refractivity contribution in [1.82, 2.24) is 30.1 Å². The summed E-state index contributed by atoms with van der Waals surface area (Å²) in [7, 11) is 0. The largest absolute Gasteiger partial charge is 0.492 e. The molecule has 4 aromatic heterocycles. The highest BCUT2D eigenvalue weighted by molar-refractivity contribution is 6.31. The molecule has 1 aromatic carbocycles. The van der Waals surface area contributed by atoms with Crippen LogP contribution in [0.5, 0.6) is 5.75 Å². The van der Waals surface area contributed by atoms with Crippen LogP contribution in [0, 0.1) is 5.82 Å². The minimum atomic E-state index is -0.639. The minimum absolute atomic E-state index is 0.171. The fourth-order valence-electron chi connectivity index (χ4n) is 5.05. The van der Waals surface area contributed by atoms with Gasteiger partial charge in [-0.25, -0.2) is 13.9 Å². The number of piperidine rings is 1. The molecular weight excluding hydrogens is 509 g/mol. The van der Waals surface area contributed by atoms with Crippen molar-refractivity contribution in [2.24, 2.45) is 0 Å². The van der Waals surface area contributed by atoms with Crippen LogP contribution in [-0.2, 0) is 6.54 Å². The normalized spacial score (nSPS) is 17.9. The third-order valence-electron chi connectivity index (χ3n) is 6.98. The third-order valence-corrected chi connectivity index (χ3v) is 7.34. The Labute approximate surface area is 223 Å². The molecule has 2 atom stereocenters. The van der Waals surface area contributed by atoms with Crippen LogP contribution in [0.4, 0.5) is 10.2 Å². The molecule has 1 aliphatic rings. The molecule has 0 unspecified atom stereocenters. The maximum atomic E-state index is 14.1. The van der Waals surface area contributed by atoms with Crippen LogP contribution in [0.2, 0.25) is 5.02 Å². The van der Waals surface area contributed by atoms with Crippen LogP contribution in [0.25, 0.3) is 27.7 Å². The molecule has 0 bridgehead atoms. The summed E-state index contributed by atoms with van der Waals surface area (Å²) in [6, 6.07) is 10.4. The number of β-amino-alcohol motifs (C(OH)–C–C–N with tert-alkyl or cyclic N) is 1. The number of nitrogens with one attached hydrogen (secondary N) is 2. The lowest BCUT2D eigenvalue weighted by Gasteiger charge is -2.37. The quantitative estimate of drug-likeness (QED) is 0.287. The van der Waals surface area contributed by atoms with Crippen molar-refractivity contribution in [3.63, 3.8) is 0 Å². The van der Waals surface area contributed by atoms with E-state index in [0.717, 1.165) is 27.8 Å². The van der Waals surface area contributed by atoms with Crippen molar-refractivity contribution < 1.29 is 14.2 Å². The number of fused-ring (bicyclic) bond motifs is 3. The summed E-state index contributed by atoms with van der Waals surface area (Å²) in [4.78, 5) is 6.78. The molecule has 9 nitrogen and oxygen atoms in total. The molecule has 3 N–H and O–H groups in total. The number of nitrogens with zero attached hydrogens (tertiary/aromatic N) is 5. The molecule has 0 amide bonds. The zero-order valence-corrected chi connectivity index (χ0v) is 21.5. The first-order valence-corrected chi connectivity index (χ1v) is 12.9. The Hall–Kier alpha value is -3.73. The molecule has 0 spiro atoms. The van der Waals surface area contributed by atoms with E-state index in [2.05, 4.69) is 25.5 Å².